The summed E-state index contributed by atoms with van der Waals surface area (Å²) in [5.74, 6) is 0.946. The summed E-state index contributed by atoms with van der Waals surface area (Å²) in [4.78, 5) is 4.44. The molecule has 2 aromatic rings. The number of aromatic nitrogens is 2. The Hall–Kier alpha value is -1.77. The largest absolute Gasteiger partial charge is 0.366 e. The van der Waals surface area contributed by atoms with E-state index in [1.54, 1.807) is 0 Å². The van der Waals surface area contributed by atoms with Gasteiger partial charge in [-0.2, -0.15) is 0 Å². The van der Waals surface area contributed by atoms with Gasteiger partial charge in [-0.15, -0.1) is 0 Å². The van der Waals surface area contributed by atoms with Crippen molar-refractivity contribution < 1.29 is 0 Å². The van der Waals surface area contributed by atoms with Gasteiger partial charge in [0, 0.05) is 31.7 Å². The van der Waals surface area contributed by atoms with Crippen LogP contribution in [0.25, 0.3) is 0 Å². The molecule has 0 spiro atoms. The third kappa shape index (κ3) is 2.63. The summed E-state index contributed by atoms with van der Waals surface area (Å²) in [6, 6.07) is 6.25. The van der Waals surface area contributed by atoms with Gasteiger partial charge in [0.15, 0.2) is 0 Å². The van der Waals surface area contributed by atoms with E-state index in [-0.39, 0.29) is 0 Å². The molecule has 0 fully saturated rings. The molecule has 0 radical (unpaired) electrons. The normalized spacial score (nSPS) is 10.4. The third-order valence-corrected chi connectivity index (χ3v) is 2.46. The van der Waals surface area contributed by atoms with E-state index in [2.05, 4.69) is 41.6 Å². The van der Waals surface area contributed by atoms with E-state index < -0.39 is 0 Å². The molecule has 0 saturated heterocycles. The summed E-state index contributed by atoms with van der Waals surface area (Å²) in [5.41, 5.74) is 3.56. The Labute approximate surface area is 96.1 Å². The minimum absolute atomic E-state index is 0.816. The van der Waals surface area contributed by atoms with Crippen molar-refractivity contribution >= 4 is 5.82 Å². The summed E-state index contributed by atoms with van der Waals surface area (Å²) < 4.78 is 2.05. The highest BCUT2D eigenvalue weighted by atomic mass is 15.0. The number of anilines is 1. The summed E-state index contributed by atoms with van der Waals surface area (Å²) in [5, 5.41) is 3.33. The van der Waals surface area contributed by atoms with Crippen LogP contribution in [-0.2, 0) is 13.6 Å². The lowest BCUT2D eigenvalue weighted by Gasteiger charge is -2.06. The number of pyridine rings is 1. The number of hydrogen-bond acceptors (Lipinski definition) is 2. The zero-order valence-electron chi connectivity index (χ0n) is 9.99. The van der Waals surface area contributed by atoms with Crippen molar-refractivity contribution in [2.24, 2.45) is 7.05 Å². The van der Waals surface area contributed by atoms with Crippen molar-refractivity contribution in [1.82, 2.24) is 9.55 Å². The Kier molecular flexibility index (Phi) is 2.95. The lowest BCUT2D eigenvalue weighted by atomic mass is 10.2. The highest BCUT2D eigenvalue weighted by Crippen LogP contribution is 2.10. The standard InChI is InChI=1S/C13H17N3/c1-10-6-11(2)15-13(7-10)14-8-12-4-5-16(3)9-12/h4-7,9H,8H2,1-3H3,(H,14,15). The average Bonchev–Trinajstić information content (AvgIpc) is 2.60. The van der Waals surface area contributed by atoms with Crippen LogP contribution >= 0.6 is 0 Å². The van der Waals surface area contributed by atoms with Crippen molar-refractivity contribution in [2.75, 3.05) is 5.32 Å². The van der Waals surface area contributed by atoms with Crippen LogP contribution in [0.4, 0.5) is 5.82 Å². The summed E-state index contributed by atoms with van der Waals surface area (Å²) in [6.45, 7) is 4.92. The zero-order chi connectivity index (χ0) is 11.5. The maximum Gasteiger partial charge on any atom is 0.126 e. The molecule has 0 aliphatic carbocycles. The molecule has 16 heavy (non-hydrogen) atoms. The van der Waals surface area contributed by atoms with E-state index in [9.17, 15) is 0 Å². The minimum Gasteiger partial charge on any atom is -0.366 e. The first-order valence-corrected chi connectivity index (χ1v) is 5.43. The summed E-state index contributed by atoms with van der Waals surface area (Å²) in [7, 11) is 2.03. The first-order chi connectivity index (χ1) is 7.63. The molecule has 0 aliphatic rings. The molecular weight excluding hydrogens is 198 g/mol. The van der Waals surface area contributed by atoms with Crippen LogP contribution in [0.1, 0.15) is 16.8 Å². The molecule has 3 heteroatoms. The van der Waals surface area contributed by atoms with Crippen LogP contribution in [0, 0.1) is 13.8 Å². The number of nitrogens with one attached hydrogen (secondary N) is 1. The lowest BCUT2D eigenvalue weighted by molar-refractivity contribution is 0.919. The van der Waals surface area contributed by atoms with Crippen LogP contribution in [0.2, 0.25) is 0 Å². The smallest absolute Gasteiger partial charge is 0.126 e. The summed E-state index contributed by atoms with van der Waals surface area (Å²) >= 11 is 0. The highest BCUT2D eigenvalue weighted by Gasteiger charge is 1.98. The quantitative estimate of drug-likeness (QED) is 0.853. The molecule has 0 amide bonds. The maximum atomic E-state index is 4.44. The van der Waals surface area contributed by atoms with Gasteiger partial charge in [-0.3, -0.25) is 0 Å². The van der Waals surface area contributed by atoms with Gasteiger partial charge in [-0.25, -0.2) is 4.98 Å². The van der Waals surface area contributed by atoms with Crippen LogP contribution in [0.5, 0.6) is 0 Å². The second kappa shape index (κ2) is 4.39. The molecule has 0 aliphatic heterocycles. The maximum absolute atomic E-state index is 4.44. The number of aryl methyl sites for hydroxylation is 3. The van der Waals surface area contributed by atoms with E-state index in [0.29, 0.717) is 0 Å². The molecule has 2 rings (SSSR count). The molecule has 2 heterocycles. The average molecular weight is 215 g/mol. The van der Waals surface area contributed by atoms with Crippen LogP contribution in [0.15, 0.2) is 30.6 Å². The SMILES string of the molecule is Cc1cc(C)nc(NCc2ccn(C)c2)c1. The van der Waals surface area contributed by atoms with Gasteiger partial charge in [0.1, 0.15) is 5.82 Å². The Bertz CT molecular complexity index is 465. The fourth-order valence-corrected chi connectivity index (χ4v) is 1.79. The highest BCUT2D eigenvalue weighted by molar-refractivity contribution is 5.39. The van der Waals surface area contributed by atoms with Gasteiger partial charge in [0.25, 0.3) is 0 Å². The van der Waals surface area contributed by atoms with E-state index >= 15 is 0 Å². The van der Waals surface area contributed by atoms with Gasteiger partial charge < -0.3 is 9.88 Å². The predicted octanol–water partition coefficient (Wildman–Crippen LogP) is 2.65. The number of hydrogen-bond donors (Lipinski definition) is 1. The topological polar surface area (TPSA) is 29.9 Å². The molecule has 0 unspecified atom stereocenters. The molecule has 84 valence electrons. The van der Waals surface area contributed by atoms with E-state index in [1.165, 1.54) is 11.1 Å². The molecule has 0 saturated carbocycles. The van der Waals surface area contributed by atoms with E-state index in [1.807, 2.05) is 24.7 Å². The lowest BCUT2D eigenvalue weighted by Crippen LogP contribution is -2.01. The van der Waals surface area contributed by atoms with Crippen molar-refractivity contribution in [3.63, 3.8) is 0 Å². The Balaban J connectivity index is 2.04. The fraction of sp³-hybridized carbons (Fsp3) is 0.308. The van der Waals surface area contributed by atoms with Gasteiger partial charge >= 0.3 is 0 Å². The van der Waals surface area contributed by atoms with Crippen molar-refractivity contribution in [3.05, 3.63) is 47.4 Å². The van der Waals surface area contributed by atoms with E-state index in [0.717, 1.165) is 18.1 Å². The Morgan fingerprint density at radius 2 is 2.12 bits per heavy atom. The minimum atomic E-state index is 0.816. The summed E-state index contributed by atoms with van der Waals surface area (Å²) in [6.07, 6.45) is 4.15. The van der Waals surface area contributed by atoms with E-state index in [4.69, 9.17) is 0 Å². The first kappa shape index (κ1) is 10.7. The second-order valence-electron chi connectivity index (χ2n) is 4.21. The van der Waals surface area contributed by atoms with Crippen LogP contribution < -0.4 is 5.32 Å². The Morgan fingerprint density at radius 3 is 2.75 bits per heavy atom. The van der Waals surface area contributed by atoms with Gasteiger partial charge in [0.05, 0.1) is 0 Å². The number of nitrogens with zero attached hydrogens (tertiary/aromatic N) is 2. The molecule has 3 nitrogen and oxygen atoms in total. The third-order valence-electron chi connectivity index (χ3n) is 2.46. The predicted molar refractivity (Wildman–Crippen MR) is 66.5 cm³/mol. The molecule has 0 atom stereocenters. The molecule has 2 aromatic heterocycles. The van der Waals surface area contributed by atoms with Crippen molar-refractivity contribution in [2.45, 2.75) is 20.4 Å². The van der Waals surface area contributed by atoms with Gasteiger partial charge in [-0.1, -0.05) is 0 Å². The van der Waals surface area contributed by atoms with Gasteiger partial charge in [-0.05, 0) is 43.2 Å². The van der Waals surface area contributed by atoms with Gasteiger partial charge in [0.2, 0.25) is 0 Å². The Morgan fingerprint density at radius 1 is 1.31 bits per heavy atom. The first-order valence-electron chi connectivity index (χ1n) is 5.43. The molecule has 0 aromatic carbocycles. The van der Waals surface area contributed by atoms with Crippen molar-refractivity contribution in [1.29, 1.82) is 0 Å². The fourth-order valence-electron chi connectivity index (χ4n) is 1.79. The van der Waals surface area contributed by atoms with Crippen molar-refractivity contribution in [3.8, 4) is 0 Å². The zero-order valence-corrected chi connectivity index (χ0v) is 9.99. The van der Waals surface area contributed by atoms with Crippen LogP contribution in [0.3, 0.4) is 0 Å². The monoisotopic (exact) mass is 215 g/mol. The van der Waals surface area contributed by atoms with Crippen LogP contribution in [-0.4, -0.2) is 9.55 Å². The molecule has 1 N–H and O–H groups in total. The number of rotatable bonds is 3. The molecule has 0 bridgehead atoms. The molecular formula is C13H17N3. The second-order valence-corrected chi connectivity index (χ2v) is 4.21.